The van der Waals surface area contributed by atoms with Gasteiger partial charge in [0.25, 0.3) is 5.91 Å². The van der Waals surface area contributed by atoms with Crippen LogP contribution in [0.3, 0.4) is 0 Å². The number of nitrogens with zero attached hydrogens (tertiary/aromatic N) is 4. The van der Waals surface area contributed by atoms with Crippen molar-refractivity contribution in [2.75, 3.05) is 44.2 Å². The van der Waals surface area contributed by atoms with Crippen LogP contribution in [0.1, 0.15) is 22.6 Å². The molecule has 0 aliphatic carbocycles. The largest absolute Gasteiger partial charge is 0.369 e. The summed E-state index contributed by atoms with van der Waals surface area (Å²) in [6, 6.07) is 16.4. The Hall–Kier alpha value is -2.86. The van der Waals surface area contributed by atoms with Crippen molar-refractivity contribution in [1.29, 1.82) is 0 Å². The van der Waals surface area contributed by atoms with E-state index in [2.05, 4.69) is 50.4 Å². The zero-order valence-electron chi connectivity index (χ0n) is 16.3. The van der Waals surface area contributed by atoms with Crippen molar-refractivity contribution in [2.45, 2.75) is 13.3 Å². The van der Waals surface area contributed by atoms with Gasteiger partial charge in [-0.15, -0.1) is 0 Å². The summed E-state index contributed by atoms with van der Waals surface area (Å²) >= 11 is 0. The molecule has 1 N–H and O–H groups in total. The summed E-state index contributed by atoms with van der Waals surface area (Å²) in [5.74, 6) is -0.0508. The molecule has 0 saturated carbocycles. The maximum absolute atomic E-state index is 12.6. The first-order chi connectivity index (χ1) is 13.7. The maximum Gasteiger partial charge on any atom is 0.270 e. The molecule has 4 rings (SSSR count). The Labute approximate surface area is 165 Å². The van der Waals surface area contributed by atoms with Crippen molar-refractivity contribution in [1.82, 2.24) is 19.6 Å². The molecule has 28 heavy (non-hydrogen) atoms. The SMILES string of the molecule is Cc1nc2ccccn2c1C(=O)NCCCN1CCN(c2ccccc2)CC1. The molecule has 0 bridgehead atoms. The Kier molecular flexibility index (Phi) is 5.58. The molecule has 3 heterocycles. The van der Waals surface area contributed by atoms with Gasteiger partial charge in [-0.2, -0.15) is 0 Å². The molecule has 6 heteroatoms. The van der Waals surface area contributed by atoms with Crippen LogP contribution in [0.4, 0.5) is 5.69 Å². The minimum atomic E-state index is -0.0508. The lowest BCUT2D eigenvalue weighted by molar-refractivity contribution is 0.0945. The smallest absolute Gasteiger partial charge is 0.270 e. The second-order valence-electron chi connectivity index (χ2n) is 7.25. The number of aromatic nitrogens is 2. The van der Waals surface area contributed by atoms with Crippen molar-refractivity contribution >= 4 is 17.2 Å². The molecule has 1 aliphatic heterocycles. The van der Waals surface area contributed by atoms with E-state index in [1.54, 1.807) is 0 Å². The molecule has 3 aromatic rings. The van der Waals surface area contributed by atoms with Crippen LogP contribution >= 0.6 is 0 Å². The molecular formula is C22H27N5O. The number of imidazole rings is 1. The first-order valence-electron chi connectivity index (χ1n) is 9.96. The average Bonchev–Trinajstić information content (AvgIpc) is 3.08. The number of piperazine rings is 1. The zero-order valence-corrected chi connectivity index (χ0v) is 16.3. The molecule has 0 radical (unpaired) electrons. The number of hydrogen-bond acceptors (Lipinski definition) is 4. The average molecular weight is 377 g/mol. The van der Waals surface area contributed by atoms with E-state index < -0.39 is 0 Å². The normalized spacial score (nSPS) is 15.1. The highest BCUT2D eigenvalue weighted by Crippen LogP contribution is 2.15. The van der Waals surface area contributed by atoms with Crippen molar-refractivity contribution in [3.05, 3.63) is 66.1 Å². The number of hydrogen-bond donors (Lipinski definition) is 1. The van der Waals surface area contributed by atoms with Gasteiger partial charge in [-0.05, 0) is 44.2 Å². The Balaban J connectivity index is 1.22. The standard InChI is InChI=1S/C22H27N5O/c1-18-21(27-13-6-5-10-20(27)24-18)22(28)23-11-7-12-25-14-16-26(17-15-25)19-8-3-2-4-9-19/h2-6,8-10,13H,7,11-12,14-17H2,1H3,(H,23,28). The van der Waals surface area contributed by atoms with Gasteiger partial charge < -0.3 is 10.2 Å². The number of benzene rings is 1. The van der Waals surface area contributed by atoms with E-state index in [4.69, 9.17) is 0 Å². The fourth-order valence-electron chi connectivity index (χ4n) is 3.84. The number of carbonyl (C=O) groups is 1. The monoisotopic (exact) mass is 377 g/mol. The number of para-hydroxylation sites is 1. The molecule has 0 spiro atoms. The molecule has 1 aliphatic rings. The van der Waals surface area contributed by atoms with Gasteiger partial charge in [0.2, 0.25) is 0 Å². The third-order valence-electron chi connectivity index (χ3n) is 5.35. The number of aryl methyl sites for hydroxylation is 1. The molecule has 1 saturated heterocycles. The van der Waals surface area contributed by atoms with Gasteiger partial charge >= 0.3 is 0 Å². The highest BCUT2D eigenvalue weighted by atomic mass is 16.1. The summed E-state index contributed by atoms with van der Waals surface area (Å²) in [6.45, 7) is 7.81. The van der Waals surface area contributed by atoms with Crippen molar-refractivity contribution in [2.24, 2.45) is 0 Å². The Morgan fingerprint density at radius 2 is 1.79 bits per heavy atom. The van der Waals surface area contributed by atoms with Crippen LogP contribution in [0.2, 0.25) is 0 Å². The predicted octanol–water partition coefficient (Wildman–Crippen LogP) is 2.58. The highest BCUT2D eigenvalue weighted by molar-refractivity contribution is 5.94. The summed E-state index contributed by atoms with van der Waals surface area (Å²) in [4.78, 5) is 22.0. The van der Waals surface area contributed by atoms with Gasteiger partial charge in [0.05, 0.1) is 5.69 Å². The Bertz CT molecular complexity index is 929. The van der Waals surface area contributed by atoms with Crippen molar-refractivity contribution in [3.63, 3.8) is 0 Å². The topological polar surface area (TPSA) is 52.9 Å². The van der Waals surface area contributed by atoms with Crippen LogP contribution in [0.5, 0.6) is 0 Å². The van der Waals surface area contributed by atoms with Gasteiger partial charge in [-0.1, -0.05) is 24.3 Å². The third-order valence-corrected chi connectivity index (χ3v) is 5.35. The first-order valence-corrected chi connectivity index (χ1v) is 9.96. The molecule has 6 nitrogen and oxygen atoms in total. The fraction of sp³-hybridized carbons (Fsp3) is 0.364. The van der Waals surface area contributed by atoms with Crippen LogP contribution in [0.15, 0.2) is 54.7 Å². The summed E-state index contributed by atoms with van der Waals surface area (Å²) < 4.78 is 1.85. The summed E-state index contributed by atoms with van der Waals surface area (Å²) in [7, 11) is 0. The molecular weight excluding hydrogens is 350 g/mol. The number of pyridine rings is 1. The maximum atomic E-state index is 12.6. The second kappa shape index (κ2) is 8.44. The number of rotatable bonds is 6. The summed E-state index contributed by atoms with van der Waals surface area (Å²) in [5, 5.41) is 3.06. The van der Waals surface area contributed by atoms with E-state index >= 15 is 0 Å². The lowest BCUT2D eigenvalue weighted by Crippen LogP contribution is -2.47. The molecule has 2 aromatic heterocycles. The Morgan fingerprint density at radius 1 is 1.04 bits per heavy atom. The number of fused-ring (bicyclic) bond motifs is 1. The molecule has 1 amide bonds. The number of amides is 1. The predicted molar refractivity (Wildman–Crippen MR) is 112 cm³/mol. The van der Waals surface area contributed by atoms with Crippen molar-refractivity contribution < 1.29 is 4.79 Å². The summed E-state index contributed by atoms with van der Waals surface area (Å²) in [5.41, 5.74) is 3.51. The number of nitrogens with one attached hydrogen (secondary N) is 1. The quantitative estimate of drug-likeness (QED) is 0.671. The lowest BCUT2D eigenvalue weighted by atomic mass is 10.2. The van der Waals surface area contributed by atoms with Crippen LogP contribution < -0.4 is 10.2 Å². The van der Waals surface area contributed by atoms with Crippen LogP contribution in [0.25, 0.3) is 5.65 Å². The van der Waals surface area contributed by atoms with Crippen molar-refractivity contribution in [3.8, 4) is 0 Å². The van der Waals surface area contributed by atoms with E-state index in [1.165, 1.54) is 5.69 Å². The van der Waals surface area contributed by atoms with Gasteiger partial charge in [-0.3, -0.25) is 14.1 Å². The third kappa shape index (κ3) is 4.02. The zero-order chi connectivity index (χ0) is 19.3. The minimum absolute atomic E-state index is 0.0508. The van der Waals surface area contributed by atoms with E-state index in [9.17, 15) is 4.79 Å². The van der Waals surface area contributed by atoms with Crippen LogP contribution in [0, 0.1) is 6.92 Å². The minimum Gasteiger partial charge on any atom is -0.369 e. The number of anilines is 1. The van der Waals surface area contributed by atoms with E-state index in [-0.39, 0.29) is 5.91 Å². The molecule has 1 aromatic carbocycles. The molecule has 0 atom stereocenters. The highest BCUT2D eigenvalue weighted by Gasteiger charge is 2.18. The lowest BCUT2D eigenvalue weighted by Gasteiger charge is -2.36. The van der Waals surface area contributed by atoms with Gasteiger partial charge in [0.1, 0.15) is 11.3 Å². The Morgan fingerprint density at radius 3 is 2.57 bits per heavy atom. The first kappa shape index (κ1) is 18.5. The van der Waals surface area contributed by atoms with Gasteiger partial charge in [0, 0.05) is 44.6 Å². The molecule has 1 fully saturated rings. The number of carbonyl (C=O) groups excluding carboxylic acids is 1. The second-order valence-corrected chi connectivity index (χ2v) is 7.25. The molecule has 0 unspecified atom stereocenters. The van der Waals surface area contributed by atoms with E-state index in [0.29, 0.717) is 12.2 Å². The van der Waals surface area contributed by atoms with Gasteiger partial charge in [-0.25, -0.2) is 4.98 Å². The fourth-order valence-corrected chi connectivity index (χ4v) is 3.84. The summed E-state index contributed by atoms with van der Waals surface area (Å²) in [6.07, 6.45) is 2.84. The van der Waals surface area contributed by atoms with Crippen LogP contribution in [-0.4, -0.2) is 59.5 Å². The van der Waals surface area contributed by atoms with Gasteiger partial charge in [0.15, 0.2) is 0 Å². The van der Waals surface area contributed by atoms with E-state index in [0.717, 1.165) is 50.5 Å². The van der Waals surface area contributed by atoms with Crippen LogP contribution in [-0.2, 0) is 0 Å². The van der Waals surface area contributed by atoms with E-state index in [1.807, 2.05) is 35.7 Å². The molecule has 146 valence electrons.